The second kappa shape index (κ2) is 6.66. The highest BCUT2D eigenvalue weighted by Gasteiger charge is 2.09. The quantitative estimate of drug-likeness (QED) is 0.722. The number of fused-ring (bicyclic) bond motifs is 1. The summed E-state index contributed by atoms with van der Waals surface area (Å²) in [6.07, 6.45) is 0.241. The maximum Gasteiger partial charge on any atom is 0.308 e. The van der Waals surface area contributed by atoms with Crippen molar-refractivity contribution in [2.45, 2.75) is 33.4 Å². The summed E-state index contributed by atoms with van der Waals surface area (Å²) in [7, 11) is 0. The Morgan fingerprint density at radius 2 is 2.04 bits per heavy atom. The van der Waals surface area contributed by atoms with Crippen LogP contribution in [0, 0.1) is 13.8 Å². The Morgan fingerprint density at radius 1 is 1.25 bits per heavy atom. The van der Waals surface area contributed by atoms with Gasteiger partial charge in [0.2, 0.25) is 0 Å². The highest BCUT2D eigenvalue weighted by Crippen LogP contribution is 2.17. The third kappa shape index (κ3) is 3.51. The normalized spacial score (nSPS) is 10.9. The van der Waals surface area contributed by atoms with Gasteiger partial charge in [0.15, 0.2) is 12.4 Å². The number of nitrogen functional groups attached to an aromatic ring is 1. The summed E-state index contributed by atoms with van der Waals surface area (Å²) in [5.41, 5.74) is 8.60. The Morgan fingerprint density at radius 3 is 2.79 bits per heavy atom. The molecule has 0 bridgehead atoms. The fraction of sp³-hybridized carbons (Fsp3) is 0.294. The SMILES string of the molecule is Cc1cc(C)n(CCC(=O)OCc2nc(N)c3ccccc3n2)n1. The van der Waals surface area contributed by atoms with E-state index in [-0.39, 0.29) is 19.0 Å². The fourth-order valence-corrected chi connectivity index (χ4v) is 2.53. The van der Waals surface area contributed by atoms with Crippen molar-refractivity contribution in [3.05, 3.63) is 47.5 Å². The number of hydrogen-bond acceptors (Lipinski definition) is 6. The molecule has 0 saturated heterocycles. The highest BCUT2D eigenvalue weighted by atomic mass is 16.5. The van der Waals surface area contributed by atoms with Gasteiger partial charge >= 0.3 is 5.97 Å². The molecule has 3 aromatic rings. The van der Waals surface area contributed by atoms with E-state index in [0.717, 1.165) is 22.3 Å². The number of aromatic nitrogens is 4. The standard InChI is InChI=1S/C17H19N5O2/c1-11-9-12(2)22(21-11)8-7-16(23)24-10-15-19-14-6-4-3-5-13(14)17(18)20-15/h3-6,9H,7-8,10H2,1-2H3,(H2,18,19,20). The van der Waals surface area contributed by atoms with E-state index in [9.17, 15) is 4.79 Å². The van der Waals surface area contributed by atoms with Gasteiger partial charge in [0.1, 0.15) is 5.82 Å². The van der Waals surface area contributed by atoms with Crippen molar-refractivity contribution in [3.63, 3.8) is 0 Å². The average Bonchev–Trinajstić information content (AvgIpc) is 2.88. The molecule has 1 aromatic carbocycles. The zero-order valence-corrected chi connectivity index (χ0v) is 13.7. The van der Waals surface area contributed by atoms with Crippen LogP contribution in [0.3, 0.4) is 0 Å². The van der Waals surface area contributed by atoms with Crippen LogP contribution in [0.25, 0.3) is 10.9 Å². The number of nitrogens with two attached hydrogens (primary N) is 1. The molecule has 0 fully saturated rings. The Kier molecular flexibility index (Phi) is 4.41. The molecule has 7 heteroatoms. The number of ether oxygens (including phenoxy) is 1. The highest BCUT2D eigenvalue weighted by molar-refractivity contribution is 5.87. The smallest absolute Gasteiger partial charge is 0.308 e. The van der Waals surface area contributed by atoms with Crippen LogP contribution in [0.15, 0.2) is 30.3 Å². The van der Waals surface area contributed by atoms with E-state index < -0.39 is 0 Å². The zero-order valence-electron chi connectivity index (χ0n) is 13.7. The van der Waals surface area contributed by atoms with Crippen molar-refractivity contribution in [1.29, 1.82) is 0 Å². The minimum atomic E-state index is -0.321. The van der Waals surface area contributed by atoms with E-state index in [2.05, 4.69) is 15.1 Å². The molecular weight excluding hydrogens is 306 g/mol. The number of hydrogen-bond donors (Lipinski definition) is 1. The molecule has 2 heterocycles. The molecule has 2 aromatic heterocycles. The minimum Gasteiger partial charge on any atom is -0.457 e. The number of nitrogens with zero attached hydrogens (tertiary/aromatic N) is 4. The lowest BCUT2D eigenvalue weighted by molar-refractivity contribution is -0.145. The molecule has 0 aliphatic heterocycles. The van der Waals surface area contributed by atoms with Crippen LogP contribution in [0.4, 0.5) is 5.82 Å². The lowest BCUT2D eigenvalue weighted by Gasteiger charge is -2.07. The van der Waals surface area contributed by atoms with E-state index in [1.165, 1.54) is 0 Å². The molecule has 7 nitrogen and oxygen atoms in total. The van der Waals surface area contributed by atoms with Crippen molar-refractivity contribution in [2.24, 2.45) is 0 Å². The minimum absolute atomic E-state index is 0.00495. The van der Waals surface area contributed by atoms with E-state index in [1.54, 1.807) is 4.68 Å². The van der Waals surface area contributed by atoms with Gasteiger partial charge in [0.25, 0.3) is 0 Å². The van der Waals surface area contributed by atoms with Gasteiger partial charge in [-0.05, 0) is 32.0 Å². The lowest BCUT2D eigenvalue weighted by Crippen LogP contribution is -2.12. The van der Waals surface area contributed by atoms with Crippen LogP contribution in [0.1, 0.15) is 23.6 Å². The number of esters is 1. The first kappa shape index (κ1) is 15.9. The van der Waals surface area contributed by atoms with Gasteiger partial charge in [0, 0.05) is 11.1 Å². The second-order valence-corrected chi connectivity index (χ2v) is 5.60. The van der Waals surface area contributed by atoms with E-state index >= 15 is 0 Å². The molecule has 0 aliphatic carbocycles. The molecule has 3 rings (SSSR count). The molecule has 0 unspecified atom stereocenters. The maximum absolute atomic E-state index is 11.9. The number of para-hydroxylation sites is 1. The Bertz CT molecular complexity index is 888. The summed E-state index contributed by atoms with van der Waals surface area (Å²) >= 11 is 0. The number of carbonyl (C=O) groups is 1. The van der Waals surface area contributed by atoms with Crippen molar-refractivity contribution >= 4 is 22.7 Å². The monoisotopic (exact) mass is 325 g/mol. The van der Waals surface area contributed by atoms with Gasteiger partial charge in [-0.2, -0.15) is 5.10 Å². The third-order valence-corrected chi connectivity index (χ3v) is 3.67. The van der Waals surface area contributed by atoms with E-state index in [4.69, 9.17) is 10.5 Å². The van der Waals surface area contributed by atoms with Gasteiger partial charge in [-0.15, -0.1) is 0 Å². The van der Waals surface area contributed by atoms with E-state index in [1.807, 2.05) is 44.2 Å². The van der Waals surface area contributed by atoms with Crippen molar-refractivity contribution in [1.82, 2.24) is 19.7 Å². The van der Waals surface area contributed by atoms with Crippen LogP contribution in [-0.2, 0) is 22.7 Å². The molecule has 0 amide bonds. The van der Waals surface area contributed by atoms with Crippen LogP contribution in [-0.4, -0.2) is 25.7 Å². The van der Waals surface area contributed by atoms with Gasteiger partial charge in [-0.3, -0.25) is 9.48 Å². The van der Waals surface area contributed by atoms with Crippen LogP contribution < -0.4 is 5.73 Å². The van der Waals surface area contributed by atoms with E-state index in [0.29, 0.717) is 18.2 Å². The molecule has 2 N–H and O–H groups in total. The average molecular weight is 325 g/mol. The number of rotatable bonds is 5. The maximum atomic E-state index is 11.9. The Hall–Kier alpha value is -2.96. The number of anilines is 1. The molecule has 0 aliphatic rings. The second-order valence-electron chi connectivity index (χ2n) is 5.60. The topological polar surface area (TPSA) is 95.9 Å². The Labute approximate surface area is 139 Å². The van der Waals surface area contributed by atoms with Crippen LogP contribution in [0.2, 0.25) is 0 Å². The number of aryl methyl sites for hydroxylation is 3. The molecule has 0 spiro atoms. The Balaban J connectivity index is 1.59. The lowest BCUT2D eigenvalue weighted by atomic mass is 10.2. The molecule has 0 atom stereocenters. The van der Waals surface area contributed by atoms with Crippen molar-refractivity contribution < 1.29 is 9.53 Å². The van der Waals surface area contributed by atoms with Crippen molar-refractivity contribution in [3.8, 4) is 0 Å². The number of carbonyl (C=O) groups excluding carboxylic acids is 1. The van der Waals surface area contributed by atoms with Gasteiger partial charge in [0.05, 0.1) is 24.2 Å². The first-order chi connectivity index (χ1) is 11.5. The van der Waals surface area contributed by atoms with Crippen LogP contribution >= 0.6 is 0 Å². The molecule has 0 saturated carbocycles. The summed E-state index contributed by atoms with van der Waals surface area (Å²) in [4.78, 5) is 20.4. The third-order valence-electron chi connectivity index (χ3n) is 3.67. The molecule has 124 valence electrons. The van der Waals surface area contributed by atoms with Gasteiger partial charge in [-0.1, -0.05) is 12.1 Å². The van der Waals surface area contributed by atoms with Gasteiger partial charge in [-0.25, -0.2) is 9.97 Å². The predicted octanol–water partition coefficient (Wildman–Crippen LogP) is 2.16. The summed E-state index contributed by atoms with van der Waals surface area (Å²) < 4.78 is 7.03. The predicted molar refractivity (Wildman–Crippen MR) is 90.1 cm³/mol. The summed E-state index contributed by atoms with van der Waals surface area (Å²) in [5, 5.41) is 5.10. The summed E-state index contributed by atoms with van der Waals surface area (Å²) in [5.74, 6) is 0.456. The largest absolute Gasteiger partial charge is 0.457 e. The number of benzene rings is 1. The summed E-state index contributed by atoms with van der Waals surface area (Å²) in [6.45, 7) is 4.37. The molecular formula is C17H19N5O2. The molecule has 0 radical (unpaired) electrons. The molecule has 24 heavy (non-hydrogen) atoms. The summed E-state index contributed by atoms with van der Waals surface area (Å²) in [6, 6.07) is 9.42. The zero-order chi connectivity index (χ0) is 17.1. The first-order valence-electron chi connectivity index (χ1n) is 7.71. The van der Waals surface area contributed by atoms with Crippen LogP contribution in [0.5, 0.6) is 0 Å². The first-order valence-corrected chi connectivity index (χ1v) is 7.71. The van der Waals surface area contributed by atoms with Gasteiger partial charge < -0.3 is 10.5 Å². The van der Waals surface area contributed by atoms with Crippen molar-refractivity contribution in [2.75, 3.05) is 5.73 Å². The fourth-order valence-electron chi connectivity index (χ4n) is 2.53.